The minimum absolute atomic E-state index is 0.0395. The van der Waals surface area contributed by atoms with Gasteiger partial charge in [-0.15, -0.1) is 0 Å². The van der Waals surface area contributed by atoms with E-state index in [1.165, 1.54) is 36.8 Å². The van der Waals surface area contributed by atoms with E-state index in [1.54, 1.807) is 0 Å². The van der Waals surface area contributed by atoms with Crippen LogP contribution in [0.15, 0.2) is 48.1 Å². The molecule has 1 fully saturated rings. The highest BCUT2D eigenvalue weighted by molar-refractivity contribution is 5.81. The second kappa shape index (κ2) is 11.2. The van der Waals surface area contributed by atoms with Gasteiger partial charge in [-0.05, 0) is 44.6 Å². The first-order valence-corrected chi connectivity index (χ1v) is 10.9. The smallest absolute Gasteiger partial charge is 0.237 e. The van der Waals surface area contributed by atoms with Crippen molar-refractivity contribution in [1.82, 2.24) is 15.1 Å². The summed E-state index contributed by atoms with van der Waals surface area (Å²) in [5, 5.41) is 3.14. The molecule has 1 N–H and O–H groups in total. The Morgan fingerprint density at radius 2 is 1.93 bits per heavy atom. The van der Waals surface area contributed by atoms with Crippen molar-refractivity contribution in [3.05, 3.63) is 53.6 Å². The first kappa shape index (κ1) is 20.8. The van der Waals surface area contributed by atoms with Crippen molar-refractivity contribution in [1.29, 1.82) is 0 Å². The second-order valence-corrected chi connectivity index (χ2v) is 7.97. The fourth-order valence-corrected chi connectivity index (χ4v) is 4.03. The van der Waals surface area contributed by atoms with E-state index < -0.39 is 0 Å². The van der Waals surface area contributed by atoms with Crippen LogP contribution in [0.3, 0.4) is 0 Å². The predicted octanol–water partition coefficient (Wildman–Crippen LogP) is 3.71. The van der Waals surface area contributed by atoms with Crippen LogP contribution >= 0.6 is 0 Å². The number of hydrogen-bond acceptors (Lipinski definition) is 3. The molecule has 0 unspecified atom stereocenters. The van der Waals surface area contributed by atoms with Crippen LogP contribution in [0.1, 0.15) is 44.6 Å². The van der Waals surface area contributed by atoms with E-state index >= 15 is 0 Å². The third-order valence-corrected chi connectivity index (χ3v) is 5.94. The minimum atomic E-state index is -0.0395. The zero-order valence-electron chi connectivity index (χ0n) is 17.3. The lowest BCUT2D eigenvalue weighted by Gasteiger charge is -2.37. The maximum atomic E-state index is 12.5. The van der Waals surface area contributed by atoms with E-state index in [1.807, 2.05) is 13.0 Å². The summed E-state index contributed by atoms with van der Waals surface area (Å²) in [5.74, 6) is 0.175. The van der Waals surface area contributed by atoms with Crippen LogP contribution in [0.5, 0.6) is 0 Å². The average Bonchev–Trinajstić information content (AvgIpc) is 2.75. The van der Waals surface area contributed by atoms with Gasteiger partial charge in [0.2, 0.25) is 5.91 Å². The molecule has 0 aromatic heterocycles. The van der Waals surface area contributed by atoms with E-state index in [2.05, 4.69) is 57.6 Å². The number of nitrogens with one attached hydrogen (secondary N) is 1. The van der Waals surface area contributed by atoms with Gasteiger partial charge in [-0.25, -0.2) is 0 Å². The van der Waals surface area contributed by atoms with Crippen molar-refractivity contribution in [2.24, 2.45) is 0 Å². The highest BCUT2D eigenvalue weighted by atomic mass is 16.2. The molecule has 0 saturated carbocycles. The van der Waals surface area contributed by atoms with Gasteiger partial charge < -0.3 is 5.32 Å². The Morgan fingerprint density at radius 3 is 2.64 bits per heavy atom. The molecule has 28 heavy (non-hydrogen) atoms. The standard InChI is InChI=1S/C24H35N3O/c1-21(24(28)25-15-14-23-11-6-3-7-12-23)27-19-17-26(18-20-27)16-8-13-22-9-4-2-5-10-22/h2,4-5,8-11,13,21H,3,6-7,12,14-20H2,1H3,(H,25,28)/b13-8+/t21-/m1/s1. The van der Waals surface area contributed by atoms with Gasteiger partial charge in [0.25, 0.3) is 0 Å². The van der Waals surface area contributed by atoms with E-state index in [9.17, 15) is 4.79 Å². The summed E-state index contributed by atoms with van der Waals surface area (Å²) in [5.41, 5.74) is 2.77. The number of benzene rings is 1. The lowest BCUT2D eigenvalue weighted by Crippen LogP contribution is -2.53. The molecule has 2 aliphatic rings. The molecular formula is C24H35N3O. The van der Waals surface area contributed by atoms with Crippen LogP contribution in [0.2, 0.25) is 0 Å². The first-order chi connectivity index (χ1) is 13.7. The Morgan fingerprint density at radius 1 is 1.14 bits per heavy atom. The molecule has 1 saturated heterocycles. The van der Waals surface area contributed by atoms with Crippen molar-refractivity contribution < 1.29 is 4.79 Å². The first-order valence-electron chi connectivity index (χ1n) is 10.9. The number of carbonyl (C=O) groups is 1. The van der Waals surface area contributed by atoms with Crippen molar-refractivity contribution in [3.8, 4) is 0 Å². The van der Waals surface area contributed by atoms with Crippen molar-refractivity contribution in [2.75, 3.05) is 39.3 Å². The third-order valence-electron chi connectivity index (χ3n) is 5.94. The topological polar surface area (TPSA) is 35.6 Å². The Hall–Kier alpha value is -1.91. The van der Waals surface area contributed by atoms with Gasteiger partial charge in [-0.3, -0.25) is 14.6 Å². The SMILES string of the molecule is C[C@H](C(=O)NCCC1=CCCCC1)N1CCN(C/C=C/c2ccccc2)CC1. The van der Waals surface area contributed by atoms with E-state index in [-0.39, 0.29) is 11.9 Å². The summed E-state index contributed by atoms with van der Waals surface area (Å²) < 4.78 is 0. The molecule has 1 heterocycles. The molecule has 1 aromatic carbocycles. The molecule has 0 bridgehead atoms. The average molecular weight is 382 g/mol. The van der Waals surface area contributed by atoms with Crippen LogP contribution in [0, 0.1) is 0 Å². The number of rotatable bonds is 8. The number of piperazine rings is 1. The van der Waals surface area contributed by atoms with Crippen LogP contribution in [0.4, 0.5) is 0 Å². The van der Waals surface area contributed by atoms with Crippen molar-refractivity contribution >= 4 is 12.0 Å². The minimum Gasteiger partial charge on any atom is -0.354 e. The lowest BCUT2D eigenvalue weighted by molar-refractivity contribution is -0.126. The molecule has 3 rings (SSSR count). The summed E-state index contributed by atoms with van der Waals surface area (Å²) in [6.45, 7) is 7.74. The van der Waals surface area contributed by atoms with Crippen molar-refractivity contribution in [3.63, 3.8) is 0 Å². The zero-order chi connectivity index (χ0) is 19.6. The highest BCUT2D eigenvalue weighted by Crippen LogP contribution is 2.19. The van der Waals surface area contributed by atoms with Gasteiger partial charge in [-0.1, -0.05) is 54.1 Å². The van der Waals surface area contributed by atoms with Gasteiger partial charge >= 0.3 is 0 Å². The third kappa shape index (κ3) is 6.61. The molecule has 1 atom stereocenters. The molecule has 1 aromatic rings. The monoisotopic (exact) mass is 381 g/mol. The van der Waals surface area contributed by atoms with Crippen LogP contribution in [-0.2, 0) is 4.79 Å². The van der Waals surface area contributed by atoms with Gasteiger partial charge in [0.1, 0.15) is 0 Å². The molecule has 152 valence electrons. The van der Waals surface area contributed by atoms with E-state index in [4.69, 9.17) is 0 Å². The Kier molecular flexibility index (Phi) is 8.31. The van der Waals surface area contributed by atoms with Crippen LogP contribution in [0.25, 0.3) is 6.08 Å². The number of nitrogens with zero attached hydrogens (tertiary/aromatic N) is 2. The number of carbonyl (C=O) groups excluding carboxylic acids is 1. The lowest BCUT2D eigenvalue weighted by atomic mass is 9.97. The zero-order valence-corrected chi connectivity index (χ0v) is 17.3. The fraction of sp³-hybridized carbons (Fsp3) is 0.542. The van der Waals surface area contributed by atoms with Crippen molar-refractivity contribution in [2.45, 2.75) is 45.1 Å². The number of allylic oxidation sites excluding steroid dienone is 1. The summed E-state index contributed by atoms with van der Waals surface area (Å²) in [7, 11) is 0. The molecule has 0 radical (unpaired) electrons. The maximum Gasteiger partial charge on any atom is 0.237 e. The molecule has 0 spiro atoms. The van der Waals surface area contributed by atoms with Gasteiger partial charge in [-0.2, -0.15) is 0 Å². The molecule has 1 aliphatic carbocycles. The van der Waals surface area contributed by atoms with Crippen LogP contribution in [-0.4, -0.2) is 61.0 Å². The molecule has 4 heteroatoms. The normalized spacial score (nSPS) is 20.1. The van der Waals surface area contributed by atoms with Gasteiger partial charge in [0.05, 0.1) is 6.04 Å². The largest absolute Gasteiger partial charge is 0.354 e. The van der Waals surface area contributed by atoms with E-state index in [0.717, 1.165) is 45.7 Å². The quantitative estimate of drug-likeness (QED) is 0.697. The summed E-state index contributed by atoms with van der Waals surface area (Å²) in [6, 6.07) is 10.4. The molecule has 4 nitrogen and oxygen atoms in total. The number of amides is 1. The highest BCUT2D eigenvalue weighted by Gasteiger charge is 2.24. The Labute approximate surface area is 170 Å². The Balaban J connectivity index is 1.33. The molecular weight excluding hydrogens is 346 g/mol. The van der Waals surface area contributed by atoms with Crippen LogP contribution < -0.4 is 5.32 Å². The summed E-state index contributed by atoms with van der Waals surface area (Å²) in [6.07, 6.45) is 12.9. The second-order valence-electron chi connectivity index (χ2n) is 7.97. The molecule has 1 aliphatic heterocycles. The van der Waals surface area contributed by atoms with Gasteiger partial charge in [0, 0.05) is 39.3 Å². The molecule has 1 amide bonds. The predicted molar refractivity (Wildman–Crippen MR) is 117 cm³/mol. The van der Waals surface area contributed by atoms with E-state index in [0.29, 0.717) is 0 Å². The number of hydrogen-bond donors (Lipinski definition) is 1. The Bertz CT molecular complexity index is 660. The summed E-state index contributed by atoms with van der Waals surface area (Å²) in [4.78, 5) is 17.3. The maximum absolute atomic E-state index is 12.5. The fourth-order valence-electron chi connectivity index (χ4n) is 4.03. The van der Waals surface area contributed by atoms with Gasteiger partial charge in [0.15, 0.2) is 0 Å². The summed E-state index contributed by atoms with van der Waals surface area (Å²) >= 11 is 0.